The maximum atomic E-state index is 6.13. The van der Waals surface area contributed by atoms with Crippen LogP contribution in [-0.4, -0.2) is 39.9 Å². The molecule has 2 aromatic heterocycles. The van der Waals surface area contributed by atoms with Crippen molar-refractivity contribution in [2.75, 3.05) is 24.4 Å². The minimum atomic E-state index is 0.156. The molecule has 0 saturated carbocycles. The Morgan fingerprint density at radius 3 is 3.18 bits per heavy atom. The van der Waals surface area contributed by atoms with Crippen LogP contribution in [0.5, 0.6) is 5.88 Å². The van der Waals surface area contributed by atoms with Crippen molar-refractivity contribution in [2.24, 2.45) is 0 Å². The second-order valence-electron chi connectivity index (χ2n) is 5.01. The molecule has 8 nitrogen and oxygen atoms in total. The monoisotopic (exact) mass is 324 g/mol. The minimum absolute atomic E-state index is 0.156. The SMILES string of the molecule is COCc1n[nH]c2c1Nc1ncc(Cl)c(n1)N[C@H](C)CCO2. The highest BCUT2D eigenvalue weighted by atomic mass is 35.5. The predicted molar refractivity (Wildman–Crippen MR) is 82.8 cm³/mol. The Morgan fingerprint density at radius 2 is 2.36 bits per heavy atom. The second-order valence-corrected chi connectivity index (χ2v) is 5.41. The van der Waals surface area contributed by atoms with Crippen LogP contribution < -0.4 is 15.4 Å². The van der Waals surface area contributed by atoms with Crippen LogP contribution >= 0.6 is 11.6 Å². The molecular formula is C13H17ClN6O2. The fourth-order valence-corrected chi connectivity index (χ4v) is 2.26. The third-order valence-electron chi connectivity index (χ3n) is 3.25. The van der Waals surface area contributed by atoms with E-state index in [-0.39, 0.29) is 6.04 Å². The Kier molecular flexibility index (Phi) is 4.30. The first-order valence-corrected chi connectivity index (χ1v) is 7.30. The van der Waals surface area contributed by atoms with Gasteiger partial charge in [0.15, 0.2) is 5.82 Å². The lowest BCUT2D eigenvalue weighted by molar-refractivity contribution is 0.182. The molecule has 0 aromatic carbocycles. The summed E-state index contributed by atoms with van der Waals surface area (Å²) in [6, 6.07) is 0.156. The second kappa shape index (κ2) is 6.37. The van der Waals surface area contributed by atoms with E-state index in [0.29, 0.717) is 47.3 Å². The lowest BCUT2D eigenvalue weighted by Crippen LogP contribution is -2.19. The molecule has 1 aliphatic heterocycles. The number of methoxy groups -OCH3 is 1. The third kappa shape index (κ3) is 3.07. The van der Waals surface area contributed by atoms with Crippen LogP contribution in [0.25, 0.3) is 0 Å². The molecule has 3 N–H and O–H groups in total. The summed E-state index contributed by atoms with van der Waals surface area (Å²) in [6.07, 6.45) is 2.34. The average molecular weight is 325 g/mol. The first kappa shape index (κ1) is 14.9. The van der Waals surface area contributed by atoms with Crippen LogP contribution in [0.1, 0.15) is 19.0 Å². The molecule has 1 atom stereocenters. The normalized spacial score (nSPS) is 17.5. The van der Waals surface area contributed by atoms with Gasteiger partial charge in [-0.25, -0.2) is 10.1 Å². The Balaban J connectivity index is 2.00. The first-order chi connectivity index (χ1) is 10.7. The van der Waals surface area contributed by atoms with Crippen molar-refractivity contribution in [2.45, 2.75) is 26.0 Å². The number of fused-ring (bicyclic) bond motifs is 3. The first-order valence-electron chi connectivity index (χ1n) is 6.92. The van der Waals surface area contributed by atoms with E-state index in [9.17, 15) is 0 Å². The molecule has 0 fully saturated rings. The van der Waals surface area contributed by atoms with E-state index in [2.05, 4.69) is 30.8 Å². The molecule has 0 amide bonds. The van der Waals surface area contributed by atoms with E-state index in [4.69, 9.17) is 21.1 Å². The van der Waals surface area contributed by atoms with Crippen LogP contribution in [-0.2, 0) is 11.3 Å². The Bertz CT molecular complexity index is 662. The number of anilines is 3. The lowest BCUT2D eigenvalue weighted by atomic mass is 10.2. The number of hydrogen-bond donors (Lipinski definition) is 3. The van der Waals surface area contributed by atoms with Gasteiger partial charge in [0.1, 0.15) is 16.4 Å². The smallest absolute Gasteiger partial charge is 0.234 e. The van der Waals surface area contributed by atoms with Crippen molar-refractivity contribution in [1.29, 1.82) is 0 Å². The number of halogens is 1. The molecule has 0 radical (unpaired) electrons. The number of aromatic nitrogens is 4. The number of aromatic amines is 1. The van der Waals surface area contributed by atoms with Gasteiger partial charge in [0, 0.05) is 19.6 Å². The van der Waals surface area contributed by atoms with Gasteiger partial charge < -0.3 is 20.1 Å². The topological polar surface area (TPSA) is 97.0 Å². The Hall–Kier alpha value is -2.06. The third-order valence-corrected chi connectivity index (χ3v) is 3.53. The van der Waals surface area contributed by atoms with Gasteiger partial charge in [-0.15, -0.1) is 0 Å². The molecule has 0 aliphatic carbocycles. The summed E-state index contributed by atoms with van der Waals surface area (Å²) in [7, 11) is 1.61. The molecule has 0 saturated heterocycles. The van der Waals surface area contributed by atoms with Crippen LogP contribution in [0.2, 0.25) is 5.02 Å². The van der Waals surface area contributed by atoms with Crippen molar-refractivity contribution in [3.63, 3.8) is 0 Å². The van der Waals surface area contributed by atoms with E-state index in [1.807, 2.05) is 6.92 Å². The summed E-state index contributed by atoms with van der Waals surface area (Å²) in [5.41, 5.74) is 1.36. The van der Waals surface area contributed by atoms with Gasteiger partial charge >= 0.3 is 0 Å². The maximum absolute atomic E-state index is 6.13. The van der Waals surface area contributed by atoms with Gasteiger partial charge in [0.05, 0.1) is 19.4 Å². The van der Waals surface area contributed by atoms with Gasteiger partial charge in [0.25, 0.3) is 0 Å². The fourth-order valence-electron chi connectivity index (χ4n) is 2.12. The number of ether oxygens (including phenoxy) is 2. The Labute approximate surface area is 132 Å². The number of H-pyrrole nitrogens is 1. The van der Waals surface area contributed by atoms with Gasteiger partial charge in [-0.1, -0.05) is 11.6 Å². The number of hydrogen-bond acceptors (Lipinski definition) is 7. The zero-order chi connectivity index (χ0) is 15.5. The van der Waals surface area contributed by atoms with Crippen molar-refractivity contribution >= 4 is 29.1 Å². The fraction of sp³-hybridized carbons (Fsp3) is 0.462. The largest absolute Gasteiger partial charge is 0.476 e. The molecule has 22 heavy (non-hydrogen) atoms. The quantitative estimate of drug-likeness (QED) is 0.780. The number of rotatable bonds is 2. The lowest BCUT2D eigenvalue weighted by Gasteiger charge is -2.14. The molecule has 3 heterocycles. The molecular weight excluding hydrogens is 308 g/mol. The predicted octanol–water partition coefficient (Wildman–Crippen LogP) is 2.33. The zero-order valence-corrected chi connectivity index (χ0v) is 13.1. The van der Waals surface area contributed by atoms with E-state index in [1.54, 1.807) is 13.3 Å². The Morgan fingerprint density at radius 1 is 1.50 bits per heavy atom. The molecule has 118 valence electrons. The molecule has 2 bridgehead atoms. The standard InChI is InChI=1S/C13H17ClN6O2/c1-7-3-4-22-12-10(9(6-21-2)19-20-12)17-13-15-5-8(14)11(16-7)18-13/h5,7H,3-4,6H2,1-2H3,(H,19,20)(H2,15,16,17,18)/t7-/m1/s1. The summed E-state index contributed by atoms with van der Waals surface area (Å²) < 4.78 is 10.9. The van der Waals surface area contributed by atoms with E-state index in [0.717, 1.165) is 6.42 Å². The molecule has 2 aromatic rings. The maximum Gasteiger partial charge on any atom is 0.234 e. The van der Waals surface area contributed by atoms with Crippen LogP contribution in [0, 0.1) is 0 Å². The number of nitrogens with zero attached hydrogens (tertiary/aromatic N) is 3. The molecule has 1 aliphatic rings. The van der Waals surface area contributed by atoms with Crippen LogP contribution in [0.4, 0.5) is 17.5 Å². The van der Waals surface area contributed by atoms with Gasteiger partial charge in [0.2, 0.25) is 11.8 Å². The highest BCUT2D eigenvalue weighted by molar-refractivity contribution is 6.32. The summed E-state index contributed by atoms with van der Waals surface area (Å²) in [4.78, 5) is 8.59. The van der Waals surface area contributed by atoms with Crippen molar-refractivity contribution in [3.8, 4) is 5.88 Å². The minimum Gasteiger partial charge on any atom is -0.476 e. The average Bonchev–Trinajstić information content (AvgIpc) is 2.84. The zero-order valence-electron chi connectivity index (χ0n) is 12.3. The van der Waals surface area contributed by atoms with Crippen molar-refractivity contribution in [1.82, 2.24) is 20.2 Å². The highest BCUT2D eigenvalue weighted by Gasteiger charge is 2.18. The molecule has 0 spiro atoms. The van der Waals surface area contributed by atoms with Crippen LogP contribution in [0.15, 0.2) is 6.20 Å². The molecule has 3 rings (SSSR count). The van der Waals surface area contributed by atoms with Crippen LogP contribution in [0.3, 0.4) is 0 Å². The number of nitrogens with one attached hydrogen (secondary N) is 3. The van der Waals surface area contributed by atoms with Gasteiger partial charge in [-0.3, -0.25) is 0 Å². The molecule has 0 unspecified atom stereocenters. The summed E-state index contributed by atoms with van der Waals surface area (Å²) in [5.74, 6) is 1.54. The van der Waals surface area contributed by atoms with E-state index >= 15 is 0 Å². The summed E-state index contributed by atoms with van der Waals surface area (Å²) >= 11 is 6.13. The van der Waals surface area contributed by atoms with Crippen molar-refractivity contribution < 1.29 is 9.47 Å². The van der Waals surface area contributed by atoms with E-state index < -0.39 is 0 Å². The van der Waals surface area contributed by atoms with E-state index in [1.165, 1.54) is 0 Å². The molecule has 9 heteroatoms. The van der Waals surface area contributed by atoms with Crippen molar-refractivity contribution in [3.05, 3.63) is 16.9 Å². The van der Waals surface area contributed by atoms with Gasteiger partial charge in [-0.2, -0.15) is 10.1 Å². The van der Waals surface area contributed by atoms with Gasteiger partial charge in [-0.05, 0) is 6.92 Å². The summed E-state index contributed by atoms with van der Waals surface area (Å²) in [6.45, 7) is 2.91. The highest BCUT2D eigenvalue weighted by Crippen LogP contribution is 2.30. The summed E-state index contributed by atoms with van der Waals surface area (Å²) in [5, 5.41) is 13.9.